The molecule has 1 N–H and O–H groups in total. The van der Waals surface area contributed by atoms with Crippen molar-refractivity contribution in [2.75, 3.05) is 6.61 Å². The first kappa shape index (κ1) is 8.54. The minimum atomic E-state index is 0.229. The Hall–Kier alpha value is -0.560. The summed E-state index contributed by atoms with van der Waals surface area (Å²) >= 11 is 0. The van der Waals surface area contributed by atoms with E-state index in [-0.39, 0.29) is 12.0 Å². The zero-order chi connectivity index (χ0) is 8.32. The quantitative estimate of drug-likeness (QED) is 0.602. The third kappa shape index (κ3) is 1.93. The topological polar surface area (TPSA) is 20.2 Å². The fraction of sp³-hybridized carbons (Fsp3) is 0.600. The van der Waals surface area contributed by atoms with Gasteiger partial charge < -0.3 is 5.11 Å². The highest BCUT2D eigenvalue weighted by molar-refractivity contribution is 5.12. The molecule has 0 spiro atoms. The molecule has 1 rings (SSSR count). The van der Waals surface area contributed by atoms with Crippen molar-refractivity contribution < 1.29 is 5.11 Å². The summed E-state index contributed by atoms with van der Waals surface area (Å²) in [6.45, 7) is 6.26. The molecule has 1 unspecified atom stereocenters. The molecule has 0 aliphatic heterocycles. The molecular weight excluding hydrogens is 136 g/mol. The van der Waals surface area contributed by atoms with Crippen LogP contribution in [0.1, 0.15) is 26.2 Å². The van der Waals surface area contributed by atoms with Crippen LogP contribution in [0.15, 0.2) is 24.3 Å². The molecular formula is C10H16O. The molecule has 0 amide bonds. The van der Waals surface area contributed by atoms with Gasteiger partial charge in [0.25, 0.3) is 0 Å². The van der Waals surface area contributed by atoms with Crippen LogP contribution in [0.5, 0.6) is 0 Å². The zero-order valence-electron chi connectivity index (χ0n) is 7.14. The maximum atomic E-state index is 8.84. The number of aliphatic hydroxyl groups is 1. The van der Waals surface area contributed by atoms with Gasteiger partial charge in [-0.3, -0.25) is 0 Å². The maximum absolute atomic E-state index is 8.84. The predicted octanol–water partition coefficient (Wildman–Crippen LogP) is 2.28. The van der Waals surface area contributed by atoms with Crippen LogP contribution < -0.4 is 0 Å². The van der Waals surface area contributed by atoms with E-state index in [4.69, 9.17) is 5.11 Å². The monoisotopic (exact) mass is 152 g/mol. The fourth-order valence-electron chi connectivity index (χ4n) is 1.36. The summed E-state index contributed by atoms with van der Waals surface area (Å²) in [7, 11) is 0. The SMILES string of the molecule is C=CC1(C)CC=C(CO)CC1. The van der Waals surface area contributed by atoms with Crippen LogP contribution >= 0.6 is 0 Å². The van der Waals surface area contributed by atoms with Gasteiger partial charge in [-0.25, -0.2) is 0 Å². The van der Waals surface area contributed by atoms with Gasteiger partial charge >= 0.3 is 0 Å². The Labute approximate surface area is 68.4 Å². The summed E-state index contributed by atoms with van der Waals surface area (Å²) < 4.78 is 0. The smallest absolute Gasteiger partial charge is 0.0641 e. The minimum Gasteiger partial charge on any atom is -0.392 e. The first-order valence-electron chi connectivity index (χ1n) is 4.12. The molecule has 0 aromatic heterocycles. The van der Waals surface area contributed by atoms with Gasteiger partial charge in [0, 0.05) is 0 Å². The van der Waals surface area contributed by atoms with Crippen molar-refractivity contribution in [3.63, 3.8) is 0 Å². The number of allylic oxidation sites excluding steroid dienone is 2. The Morgan fingerprint density at radius 1 is 1.82 bits per heavy atom. The lowest BCUT2D eigenvalue weighted by Gasteiger charge is -2.28. The van der Waals surface area contributed by atoms with Gasteiger partial charge in [-0.1, -0.05) is 19.1 Å². The van der Waals surface area contributed by atoms with Crippen molar-refractivity contribution in [3.05, 3.63) is 24.3 Å². The summed E-state index contributed by atoms with van der Waals surface area (Å²) in [5, 5.41) is 8.84. The second kappa shape index (κ2) is 3.22. The Morgan fingerprint density at radius 3 is 2.91 bits per heavy atom. The minimum absolute atomic E-state index is 0.229. The molecule has 62 valence electrons. The molecule has 0 saturated heterocycles. The number of hydrogen-bond donors (Lipinski definition) is 1. The Kier molecular flexibility index (Phi) is 2.50. The maximum Gasteiger partial charge on any atom is 0.0641 e. The van der Waals surface area contributed by atoms with Gasteiger partial charge in [-0.05, 0) is 30.3 Å². The third-order valence-electron chi connectivity index (χ3n) is 2.57. The van der Waals surface area contributed by atoms with E-state index in [1.165, 1.54) is 5.57 Å². The lowest BCUT2D eigenvalue weighted by Crippen LogP contribution is -2.16. The molecule has 1 heteroatoms. The van der Waals surface area contributed by atoms with Crippen LogP contribution in [0.2, 0.25) is 0 Å². The van der Waals surface area contributed by atoms with Crippen LogP contribution in [0.25, 0.3) is 0 Å². The number of aliphatic hydroxyl groups excluding tert-OH is 1. The molecule has 0 radical (unpaired) electrons. The Bertz CT molecular complexity index is 181. The summed E-state index contributed by atoms with van der Waals surface area (Å²) in [6.07, 6.45) is 7.36. The van der Waals surface area contributed by atoms with E-state index in [0.29, 0.717) is 0 Å². The molecule has 0 saturated carbocycles. The van der Waals surface area contributed by atoms with E-state index in [0.717, 1.165) is 19.3 Å². The number of hydrogen-bond acceptors (Lipinski definition) is 1. The van der Waals surface area contributed by atoms with Crippen LogP contribution in [0, 0.1) is 5.41 Å². The van der Waals surface area contributed by atoms with Crippen LogP contribution in [-0.2, 0) is 0 Å². The fourth-order valence-corrected chi connectivity index (χ4v) is 1.36. The molecule has 0 fully saturated rings. The molecule has 0 aromatic rings. The van der Waals surface area contributed by atoms with E-state index in [1.54, 1.807) is 0 Å². The van der Waals surface area contributed by atoms with Crippen molar-refractivity contribution in [2.24, 2.45) is 5.41 Å². The molecule has 0 bridgehead atoms. The molecule has 1 nitrogen and oxygen atoms in total. The highest BCUT2D eigenvalue weighted by Crippen LogP contribution is 2.35. The molecule has 1 aliphatic rings. The second-order valence-electron chi connectivity index (χ2n) is 3.58. The summed E-state index contributed by atoms with van der Waals surface area (Å²) in [4.78, 5) is 0. The number of rotatable bonds is 2. The van der Waals surface area contributed by atoms with Crippen molar-refractivity contribution in [3.8, 4) is 0 Å². The van der Waals surface area contributed by atoms with Crippen LogP contribution in [0.3, 0.4) is 0 Å². The molecule has 0 aromatic carbocycles. The second-order valence-corrected chi connectivity index (χ2v) is 3.58. The average molecular weight is 152 g/mol. The van der Waals surface area contributed by atoms with Gasteiger partial charge in [0.1, 0.15) is 0 Å². The molecule has 1 aliphatic carbocycles. The zero-order valence-corrected chi connectivity index (χ0v) is 7.14. The largest absolute Gasteiger partial charge is 0.392 e. The molecule has 1 atom stereocenters. The molecule has 11 heavy (non-hydrogen) atoms. The van der Waals surface area contributed by atoms with E-state index >= 15 is 0 Å². The van der Waals surface area contributed by atoms with Gasteiger partial charge in [0.05, 0.1) is 6.61 Å². The van der Waals surface area contributed by atoms with E-state index < -0.39 is 0 Å². The van der Waals surface area contributed by atoms with Gasteiger partial charge in [0.15, 0.2) is 0 Å². The van der Waals surface area contributed by atoms with E-state index in [9.17, 15) is 0 Å². The van der Waals surface area contributed by atoms with Gasteiger partial charge in [-0.2, -0.15) is 0 Å². The molecule has 0 heterocycles. The van der Waals surface area contributed by atoms with E-state index in [2.05, 4.69) is 19.6 Å². The van der Waals surface area contributed by atoms with Crippen LogP contribution in [0.4, 0.5) is 0 Å². The van der Waals surface area contributed by atoms with Gasteiger partial charge in [-0.15, -0.1) is 6.58 Å². The third-order valence-corrected chi connectivity index (χ3v) is 2.57. The Morgan fingerprint density at radius 2 is 2.55 bits per heavy atom. The normalized spacial score (nSPS) is 31.3. The predicted molar refractivity (Wildman–Crippen MR) is 47.3 cm³/mol. The average Bonchev–Trinajstić information content (AvgIpc) is 2.06. The first-order valence-corrected chi connectivity index (χ1v) is 4.12. The van der Waals surface area contributed by atoms with Gasteiger partial charge in [0.2, 0.25) is 0 Å². The summed E-state index contributed by atoms with van der Waals surface area (Å²) in [6, 6.07) is 0. The van der Waals surface area contributed by atoms with Crippen LogP contribution in [-0.4, -0.2) is 11.7 Å². The standard InChI is InChI=1S/C10H16O/c1-3-10(2)6-4-9(8-11)5-7-10/h3-4,11H,1,5-8H2,2H3. The van der Waals surface area contributed by atoms with Crippen molar-refractivity contribution in [1.29, 1.82) is 0 Å². The highest BCUT2D eigenvalue weighted by Gasteiger charge is 2.22. The Balaban J connectivity index is 2.60. The van der Waals surface area contributed by atoms with Crippen molar-refractivity contribution in [2.45, 2.75) is 26.2 Å². The van der Waals surface area contributed by atoms with Crippen molar-refractivity contribution >= 4 is 0 Å². The summed E-state index contributed by atoms with van der Waals surface area (Å²) in [5.74, 6) is 0. The van der Waals surface area contributed by atoms with Crippen molar-refractivity contribution in [1.82, 2.24) is 0 Å². The van der Waals surface area contributed by atoms with E-state index in [1.807, 2.05) is 6.08 Å². The first-order chi connectivity index (χ1) is 5.20. The highest BCUT2D eigenvalue weighted by atomic mass is 16.3. The lowest BCUT2D eigenvalue weighted by molar-refractivity contribution is 0.303. The lowest BCUT2D eigenvalue weighted by atomic mass is 9.77. The summed E-state index contributed by atoms with van der Waals surface area (Å²) in [5.41, 5.74) is 1.46.